The quantitative estimate of drug-likeness (QED) is 0.471. The van der Waals surface area contributed by atoms with Gasteiger partial charge in [-0.15, -0.1) is 0 Å². The normalized spacial score (nSPS) is 43.7. The zero-order valence-corrected chi connectivity index (χ0v) is 11.9. The lowest BCUT2D eigenvalue weighted by Gasteiger charge is -2.27. The van der Waals surface area contributed by atoms with Gasteiger partial charge >= 0.3 is 12.8 Å². The third kappa shape index (κ3) is 2.81. The summed E-state index contributed by atoms with van der Waals surface area (Å²) in [4.78, 5) is 9.15. The van der Waals surface area contributed by atoms with Crippen LogP contribution in [0.2, 0.25) is 0 Å². The molecule has 2 radical (unpaired) electrons. The number of ether oxygens (including phenoxy) is 2. The highest BCUT2D eigenvalue weighted by Crippen LogP contribution is 2.50. The largest absolute Gasteiger partial charge is 0.449 e. The fourth-order valence-electron chi connectivity index (χ4n) is 1.89. The summed E-state index contributed by atoms with van der Waals surface area (Å²) in [7, 11) is 2.39. The van der Waals surface area contributed by atoms with E-state index >= 15 is 0 Å². The summed E-state index contributed by atoms with van der Waals surface area (Å²) >= 11 is 6.25. The summed E-state index contributed by atoms with van der Waals surface area (Å²) in [5, 5.41) is -0.213. The predicted molar refractivity (Wildman–Crippen MR) is 69.6 cm³/mol. The van der Waals surface area contributed by atoms with Crippen LogP contribution in [-0.4, -0.2) is 53.4 Å². The topological polar surface area (TPSA) is 65.0 Å². The van der Waals surface area contributed by atoms with Gasteiger partial charge in [0.05, 0.1) is 19.2 Å². The molecule has 94 valence electrons. The second-order valence-corrected chi connectivity index (χ2v) is 8.25. The van der Waals surface area contributed by atoms with E-state index in [-0.39, 0.29) is 29.2 Å². The third-order valence-electron chi connectivity index (χ3n) is 2.68. The predicted octanol–water partition coefficient (Wildman–Crippen LogP) is 0.887. The molecule has 2 rings (SSSR count). The van der Waals surface area contributed by atoms with Crippen molar-refractivity contribution in [2.75, 3.05) is 13.3 Å². The van der Waals surface area contributed by atoms with Crippen molar-refractivity contribution in [2.24, 2.45) is 0 Å². The molecule has 0 aliphatic carbocycles. The first-order valence-corrected chi connectivity index (χ1v) is 8.28. The van der Waals surface area contributed by atoms with Crippen molar-refractivity contribution in [2.45, 2.75) is 29.0 Å². The van der Waals surface area contributed by atoms with Gasteiger partial charge in [-0.2, -0.15) is 11.8 Å². The van der Waals surface area contributed by atoms with E-state index in [2.05, 4.69) is 0 Å². The lowest BCUT2D eigenvalue weighted by Crippen LogP contribution is -2.40. The first kappa shape index (κ1) is 13.7. The molecule has 5 atom stereocenters. The smallest absolute Gasteiger partial charge is 0.353 e. The molecule has 0 aromatic heterocycles. The Balaban J connectivity index is 2.10. The average Bonchev–Trinajstić information content (AvgIpc) is 2.65. The number of hydrogen-bond donors (Lipinski definition) is 1. The maximum Gasteiger partial charge on any atom is 0.353 e. The van der Waals surface area contributed by atoms with Gasteiger partial charge in [-0.25, -0.2) is 0 Å². The first-order chi connectivity index (χ1) is 7.71. The minimum absolute atomic E-state index is 0.0583. The second-order valence-electron chi connectivity index (χ2n) is 4.34. The van der Waals surface area contributed by atoms with Gasteiger partial charge < -0.3 is 18.9 Å². The molecule has 2 saturated heterocycles. The number of thiocarbonyl (C=S) groups is 1. The van der Waals surface area contributed by atoms with Crippen LogP contribution in [0.5, 0.6) is 0 Å². The van der Waals surface area contributed by atoms with E-state index in [4.69, 9.17) is 39.0 Å². The van der Waals surface area contributed by atoms with Gasteiger partial charge in [0.2, 0.25) is 0 Å². The number of thioether (sulfide) groups is 1. The molecule has 0 aromatic carbocycles. The Morgan fingerprint density at radius 2 is 2.35 bits per heavy atom. The third-order valence-corrected chi connectivity index (χ3v) is 4.91. The maximum atomic E-state index is 11.1. The van der Waals surface area contributed by atoms with Crippen LogP contribution in [0.3, 0.4) is 0 Å². The standard InChI is InChI=1S/C8H12BO5PS2/c1-8(3-12-15(2,10)11)5-4(6(9)17-8)13-7(16)14-5/h4-6H,3H2,1-2H3,(H,10,11). The highest BCUT2D eigenvalue weighted by Gasteiger charge is 2.57. The maximum absolute atomic E-state index is 11.1. The molecule has 0 aromatic rings. The Hall–Kier alpha value is 0.255. The van der Waals surface area contributed by atoms with Crippen molar-refractivity contribution >= 4 is 44.7 Å². The lowest BCUT2D eigenvalue weighted by molar-refractivity contribution is 0.113. The molecule has 5 nitrogen and oxygen atoms in total. The Labute approximate surface area is 111 Å². The van der Waals surface area contributed by atoms with Crippen molar-refractivity contribution in [1.82, 2.24) is 0 Å². The molecule has 0 amide bonds. The van der Waals surface area contributed by atoms with E-state index in [0.717, 1.165) is 6.66 Å². The summed E-state index contributed by atoms with van der Waals surface area (Å²) in [5.41, 5.74) is 0. The van der Waals surface area contributed by atoms with Crippen molar-refractivity contribution in [3.8, 4) is 0 Å². The summed E-state index contributed by atoms with van der Waals surface area (Å²) in [6, 6.07) is 0. The number of hydrogen-bond acceptors (Lipinski definition) is 6. The zero-order chi connectivity index (χ0) is 12.8. The molecule has 2 aliphatic rings. The lowest BCUT2D eigenvalue weighted by atomic mass is 9.90. The van der Waals surface area contributed by atoms with E-state index in [1.54, 1.807) is 0 Å². The van der Waals surface area contributed by atoms with Gasteiger partial charge in [-0.05, 0) is 6.92 Å². The van der Waals surface area contributed by atoms with E-state index < -0.39 is 12.3 Å². The molecular weight excluding hydrogens is 282 g/mol. The molecule has 2 heterocycles. The van der Waals surface area contributed by atoms with Crippen molar-refractivity contribution in [1.29, 1.82) is 0 Å². The summed E-state index contributed by atoms with van der Waals surface area (Å²) in [6.07, 6.45) is -0.669. The number of rotatable bonds is 3. The van der Waals surface area contributed by atoms with Gasteiger partial charge in [-0.3, -0.25) is 4.57 Å². The fraction of sp³-hybridized carbons (Fsp3) is 0.875. The molecule has 0 spiro atoms. The Morgan fingerprint density at radius 1 is 1.71 bits per heavy atom. The summed E-state index contributed by atoms with van der Waals surface area (Å²) in [5.74, 6) is 0. The van der Waals surface area contributed by atoms with Crippen LogP contribution in [0.1, 0.15) is 6.92 Å². The summed E-state index contributed by atoms with van der Waals surface area (Å²) < 4.78 is 26.3. The van der Waals surface area contributed by atoms with Crippen LogP contribution in [0, 0.1) is 0 Å². The molecule has 5 unspecified atom stereocenters. The molecule has 2 aliphatic heterocycles. The Kier molecular flexibility index (Phi) is 3.56. The highest BCUT2D eigenvalue weighted by atomic mass is 32.2. The first-order valence-electron chi connectivity index (χ1n) is 4.97. The molecule has 2 fully saturated rings. The van der Waals surface area contributed by atoms with Gasteiger partial charge in [-0.1, -0.05) is 0 Å². The second kappa shape index (κ2) is 4.42. The number of fused-ring (bicyclic) bond motifs is 1. The fourth-order valence-corrected chi connectivity index (χ4v) is 4.10. The van der Waals surface area contributed by atoms with E-state index in [1.807, 2.05) is 6.92 Å². The minimum atomic E-state index is -3.52. The Morgan fingerprint density at radius 3 is 2.94 bits per heavy atom. The minimum Gasteiger partial charge on any atom is -0.449 e. The van der Waals surface area contributed by atoms with Crippen LogP contribution in [0.25, 0.3) is 0 Å². The monoisotopic (exact) mass is 294 g/mol. The van der Waals surface area contributed by atoms with Crippen molar-refractivity contribution < 1.29 is 23.5 Å². The SMILES string of the molecule is [B]C1SC(C)(COP(C)(=O)O)C2OC(=S)OC12. The molecule has 0 bridgehead atoms. The van der Waals surface area contributed by atoms with Crippen LogP contribution in [-0.2, 0) is 18.6 Å². The highest BCUT2D eigenvalue weighted by molar-refractivity contribution is 8.02. The molecule has 17 heavy (non-hydrogen) atoms. The van der Waals surface area contributed by atoms with Crippen LogP contribution in [0.15, 0.2) is 0 Å². The van der Waals surface area contributed by atoms with Gasteiger partial charge in [0.15, 0.2) is 6.10 Å². The zero-order valence-electron chi connectivity index (χ0n) is 9.36. The summed E-state index contributed by atoms with van der Waals surface area (Å²) in [6.45, 7) is 3.06. The van der Waals surface area contributed by atoms with Crippen molar-refractivity contribution in [3.63, 3.8) is 0 Å². The van der Waals surface area contributed by atoms with E-state index in [1.165, 1.54) is 11.8 Å². The van der Waals surface area contributed by atoms with Gasteiger partial charge in [0.1, 0.15) is 6.10 Å². The average molecular weight is 294 g/mol. The molecule has 0 saturated carbocycles. The van der Waals surface area contributed by atoms with Gasteiger partial charge in [0.25, 0.3) is 0 Å². The van der Waals surface area contributed by atoms with Crippen LogP contribution < -0.4 is 0 Å². The van der Waals surface area contributed by atoms with Gasteiger partial charge in [0, 0.05) is 24.0 Å². The van der Waals surface area contributed by atoms with Crippen LogP contribution in [0.4, 0.5) is 0 Å². The van der Waals surface area contributed by atoms with E-state index in [9.17, 15) is 4.57 Å². The molecule has 9 heteroatoms. The molecular formula is C8H12BO5PS2. The molecule has 1 N–H and O–H groups in total. The van der Waals surface area contributed by atoms with E-state index in [0.29, 0.717) is 0 Å². The van der Waals surface area contributed by atoms with Crippen LogP contribution >= 0.6 is 31.6 Å². The van der Waals surface area contributed by atoms with Crippen molar-refractivity contribution in [3.05, 3.63) is 0 Å². The Bertz CT molecular complexity index is 388.